The van der Waals surface area contributed by atoms with Crippen molar-refractivity contribution in [3.63, 3.8) is 0 Å². The van der Waals surface area contributed by atoms with Crippen LogP contribution in [0, 0.1) is 0 Å². The summed E-state index contributed by atoms with van der Waals surface area (Å²) in [5.74, 6) is -1.39. The number of carboxylic acid groups (broad SMARTS) is 1. The first kappa shape index (κ1) is 22.1. The summed E-state index contributed by atoms with van der Waals surface area (Å²) in [7, 11) is 1.78. The van der Waals surface area contributed by atoms with Crippen LogP contribution in [0.15, 0.2) is 60.9 Å². The van der Waals surface area contributed by atoms with E-state index in [1.165, 1.54) is 0 Å². The van der Waals surface area contributed by atoms with E-state index in [1.807, 2.05) is 48.5 Å². The molecule has 4 rings (SSSR count). The number of alkyl carbamates (subject to hydrolysis) is 1. The molecule has 9 heteroatoms. The number of rotatable bonds is 8. The van der Waals surface area contributed by atoms with Crippen LogP contribution >= 0.6 is 0 Å². The maximum Gasteiger partial charge on any atom is 0.407 e. The lowest BCUT2D eigenvalue weighted by Crippen LogP contribution is -2.48. The van der Waals surface area contributed by atoms with E-state index in [0.29, 0.717) is 5.82 Å². The summed E-state index contributed by atoms with van der Waals surface area (Å²) in [5.41, 5.74) is 4.31. The zero-order chi connectivity index (χ0) is 23.4. The summed E-state index contributed by atoms with van der Waals surface area (Å²) in [6.45, 7) is 0.166. The van der Waals surface area contributed by atoms with E-state index in [1.54, 1.807) is 24.0 Å². The van der Waals surface area contributed by atoms with Gasteiger partial charge in [-0.25, -0.2) is 9.78 Å². The average molecular weight is 448 g/mol. The smallest absolute Gasteiger partial charge is 0.407 e. The third-order valence-corrected chi connectivity index (χ3v) is 5.67. The van der Waals surface area contributed by atoms with Crippen LogP contribution in [0.1, 0.15) is 29.3 Å². The van der Waals surface area contributed by atoms with Crippen LogP contribution < -0.4 is 10.6 Å². The van der Waals surface area contributed by atoms with Gasteiger partial charge in [-0.1, -0.05) is 48.5 Å². The minimum Gasteiger partial charge on any atom is -0.481 e. The molecule has 1 aromatic heterocycles. The Kier molecular flexibility index (Phi) is 6.39. The van der Waals surface area contributed by atoms with Crippen LogP contribution in [0.5, 0.6) is 0 Å². The lowest BCUT2D eigenvalue weighted by atomic mass is 9.98. The number of aryl methyl sites for hydroxylation is 1. The molecule has 0 radical (unpaired) electrons. The normalized spacial score (nSPS) is 13.0. The molecule has 0 spiro atoms. The Morgan fingerprint density at radius 1 is 1.09 bits per heavy atom. The molecule has 1 heterocycles. The van der Waals surface area contributed by atoms with Crippen LogP contribution in [-0.4, -0.2) is 45.3 Å². The molecule has 0 saturated carbocycles. The standard InChI is InChI=1S/C24H24N4O5/c1-28-11-10-25-21(28)13-26-23(31)20(12-22(29)30)27-24(32)33-14-19-17-8-4-2-6-15(17)16-7-3-5-9-18(16)19/h2-11,19-20H,12-14H2,1H3,(H,26,31)(H,27,32)(H,29,30). The number of hydrogen-bond acceptors (Lipinski definition) is 5. The van der Waals surface area contributed by atoms with Crippen molar-refractivity contribution in [2.24, 2.45) is 7.05 Å². The molecule has 2 amide bonds. The number of fused-ring (bicyclic) bond motifs is 3. The molecule has 170 valence electrons. The summed E-state index contributed by atoms with van der Waals surface area (Å²) in [4.78, 5) is 40.3. The third kappa shape index (κ3) is 4.87. The highest BCUT2D eigenvalue weighted by Crippen LogP contribution is 2.44. The van der Waals surface area contributed by atoms with Gasteiger partial charge < -0.3 is 25.0 Å². The largest absolute Gasteiger partial charge is 0.481 e. The van der Waals surface area contributed by atoms with E-state index in [2.05, 4.69) is 15.6 Å². The SMILES string of the molecule is Cn1ccnc1CNC(=O)C(CC(=O)O)NC(=O)OCC1c2ccccc2-c2ccccc21. The average Bonchev–Trinajstić information content (AvgIpc) is 3.36. The summed E-state index contributed by atoms with van der Waals surface area (Å²) in [5, 5.41) is 14.2. The number of aromatic nitrogens is 2. The lowest BCUT2D eigenvalue weighted by molar-refractivity contribution is -0.139. The van der Waals surface area contributed by atoms with Crippen molar-refractivity contribution in [3.8, 4) is 11.1 Å². The Bertz CT molecular complexity index is 1140. The topological polar surface area (TPSA) is 123 Å². The van der Waals surface area contributed by atoms with Gasteiger partial charge in [0, 0.05) is 25.4 Å². The van der Waals surface area contributed by atoms with Gasteiger partial charge in [0.2, 0.25) is 5.91 Å². The summed E-state index contributed by atoms with van der Waals surface area (Å²) < 4.78 is 7.16. The monoisotopic (exact) mass is 448 g/mol. The minimum atomic E-state index is -1.28. The van der Waals surface area contributed by atoms with Crippen LogP contribution in [0.3, 0.4) is 0 Å². The van der Waals surface area contributed by atoms with Crippen LogP contribution in [0.2, 0.25) is 0 Å². The summed E-state index contributed by atoms with van der Waals surface area (Å²) in [6.07, 6.45) is 1.89. The molecule has 0 bridgehead atoms. The number of imidazole rings is 1. The third-order valence-electron chi connectivity index (χ3n) is 5.67. The minimum absolute atomic E-state index is 0.0640. The molecule has 2 aromatic carbocycles. The molecule has 3 aromatic rings. The second kappa shape index (κ2) is 9.56. The summed E-state index contributed by atoms with van der Waals surface area (Å²) in [6, 6.07) is 14.6. The van der Waals surface area contributed by atoms with Crippen LogP contribution in [0.4, 0.5) is 4.79 Å². The number of carbonyl (C=O) groups is 3. The molecule has 1 atom stereocenters. The number of carbonyl (C=O) groups excluding carboxylic acids is 2. The maximum absolute atomic E-state index is 12.5. The number of carboxylic acids is 1. The van der Waals surface area contributed by atoms with Gasteiger partial charge in [0.1, 0.15) is 18.5 Å². The molecule has 1 aliphatic carbocycles. The quantitative estimate of drug-likeness (QED) is 0.486. The van der Waals surface area contributed by atoms with E-state index in [-0.39, 0.29) is 19.1 Å². The lowest BCUT2D eigenvalue weighted by Gasteiger charge is -2.18. The van der Waals surface area contributed by atoms with Crippen LogP contribution in [0.25, 0.3) is 11.1 Å². The Morgan fingerprint density at radius 3 is 2.30 bits per heavy atom. The Morgan fingerprint density at radius 2 is 1.73 bits per heavy atom. The predicted molar refractivity (Wildman–Crippen MR) is 119 cm³/mol. The van der Waals surface area contributed by atoms with E-state index in [9.17, 15) is 19.5 Å². The van der Waals surface area contributed by atoms with Crippen molar-refractivity contribution in [2.45, 2.75) is 24.9 Å². The van der Waals surface area contributed by atoms with Crippen molar-refractivity contribution < 1.29 is 24.2 Å². The molecule has 1 unspecified atom stereocenters. The van der Waals surface area contributed by atoms with Crippen LogP contribution in [-0.2, 0) is 27.9 Å². The summed E-state index contributed by atoms with van der Waals surface area (Å²) >= 11 is 0. The maximum atomic E-state index is 12.5. The molecular weight excluding hydrogens is 424 g/mol. The van der Waals surface area contributed by atoms with E-state index in [0.717, 1.165) is 22.3 Å². The number of nitrogens with one attached hydrogen (secondary N) is 2. The van der Waals surface area contributed by atoms with Crippen molar-refractivity contribution in [2.75, 3.05) is 6.61 Å². The first-order valence-corrected chi connectivity index (χ1v) is 10.5. The number of nitrogens with zero attached hydrogens (tertiary/aromatic N) is 2. The number of ether oxygens (including phenoxy) is 1. The molecule has 3 N–H and O–H groups in total. The van der Waals surface area contributed by atoms with Gasteiger partial charge in [0.25, 0.3) is 0 Å². The van der Waals surface area contributed by atoms with E-state index in [4.69, 9.17) is 4.74 Å². The molecular formula is C24H24N4O5. The van der Waals surface area contributed by atoms with Crippen molar-refractivity contribution in [1.82, 2.24) is 20.2 Å². The zero-order valence-electron chi connectivity index (χ0n) is 18.0. The molecule has 9 nitrogen and oxygen atoms in total. The second-order valence-corrected chi connectivity index (χ2v) is 7.79. The zero-order valence-corrected chi connectivity index (χ0v) is 18.0. The van der Waals surface area contributed by atoms with Gasteiger partial charge in [-0.05, 0) is 22.3 Å². The Balaban J connectivity index is 1.39. The molecule has 0 aliphatic heterocycles. The first-order chi connectivity index (χ1) is 15.9. The molecule has 1 aliphatic rings. The van der Waals surface area contributed by atoms with Crippen molar-refractivity contribution in [3.05, 3.63) is 77.9 Å². The Hall–Kier alpha value is -4.14. The van der Waals surface area contributed by atoms with E-state index < -0.39 is 30.4 Å². The fraction of sp³-hybridized carbons (Fsp3) is 0.250. The first-order valence-electron chi connectivity index (χ1n) is 10.5. The molecule has 33 heavy (non-hydrogen) atoms. The van der Waals surface area contributed by atoms with Gasteiger partial charge >= 0.3 is 12.1 Å². The van der Waals surface area contributed by atoms with E-state index >= 15 is 0 Å². The number of benzene rings is 2. The molecule has 0 fully saturated rings. The van der Waals surface area contributed by atoms with Gasteiger partial charge in [-0.15, -0.1) is 0 Å². The Labute approximate surface area is 190 Å². The van der Waals surface area contributed by atoms with Gasteiger partial charge in [0.15, 0.2) is 0 Å². The predicted octanol–water partition coefficient (Wildman–Crippen LogP) is 2.42. The van der Waals surface area contributed by atoms with Gasteiger partial charge in [-0.2, -0.15) is 0 Å². The van der Waals surface area contributed by atoms with Crippen molar-refractivity contribution >= 4 is 18.0 Å². The fourth-order valence-corrected chi connectivity index (χ4v) is 4.02. The number of hydrogen-bond donors (Lipinski definition) is 3. The van der Waals surface area contributed by atoms with Crippen molar-refractivity contribution in [1.29, 1.82) is 0 Å². The molecule has 0 saturated heterocycles. The second-order valence-electron chi connectivity index (χ2n) is 7.79. The number of amides is 2. The highest BCUT2D eigenvalue weighted by atomic mass is 16.5. The highest BCUT2D eigenvalue weighted by molar-refractivity contribution is 5.89. The van der Waals surface area contributed by atoms with Gasteiger partial charge in [-0.3, -0.25) is 9.59 Å². The fourth-order valence-electron chi connectivity index (χ4n) is 4.02. The number of aliphatic carboxylic acids is 1. The van der Waals surface area contributed by atoms with Gasteiger partial charge in [0.05, 0.1) is 13.0 Å². The highest BCUT2D eigenvalue weighted by Gasteiger charge is 2.30.